The Morgan fingerprint density at radius 1 is 1.39 bits per heavy atom. The second-order valence-corrected chi connectivity index (χ2v) is 6.61. The van der Waals surface area contributed by atoms with Crippen LogP contribution in [0.3, 0.4) is 0 Å². The highest BCUT2D eigenvalue weighted by Crippen LogP contribution is 2.15. The van der Waals surface area contributed by atoms with Crippen molar-refractivity contribution in [2.24, 2.45) is 0 Å². The number of carbonyl (C=O) groups is 2. The van der Waals surface area contributed by atoms with E-state index in [2.05, 4.69) is 24.1 Å². The normalized spacial score (nSPS) is 21.8. The van der Waals surface area contributed by atoms with Gasteiger partial charge in [-0.3, -0.25) is 14.6 Å². The Hall–Kier alpha value is -1.38. The molecule has 2 saturated heterocycles. The quantitative estimate of drug-likeness (QED) is 0.715. The molecule has 0 aromatic heterocycles. The summed E-state index contributed by atoms with van der Waals surface area (Å²) in [5.74, 6) is -0.0351. The lowest BCUT2D eigenvalue weighted by Crippen LogP contribution is -2.50. The van der Waals surface area contributed by atoms with Gasteiger partial charge >= 0.3 is 6.03 Å². The first-order valence-electron chi connectivity index (χ1n) is 8.07. The molecular weight excluding hydrogens is 300 g/mol. The summed E-state index contributed by atoms with van der Waals surface area (Å²) in [5.41, 5.74) is -0.133. The van der Waals surface area contributed by atoms with E-state index in [1.165, 1.54) is 4.90 Å². The largest absolute Gasteiger partial charge is 0.383 e. The molecule has 0 unspecified atom stereocenters. The summed E-state index contributed by atoms with van der Waals surface area (Å²) in [5, 5.41) is 2.89. The van der Waals surface area contributed by atoms with Gasteiger partial charge in [-0.25, -0.2) is 4.79 Å². The molecule has 2 fully saturated rings. The molecule has 1 N–H and O–H groups in total. The average Bonchev–Trinajstić information content (AvgIpc) is 2.85. The molecule has 0 saturated carbocycles. The fourth-order valence-corrected chi connectivity index (χ4v) is 2.87. The summed E-state index contributed by atoms with van der Waals surface area (Å²) < 4.78 is 10.6. The van der Waals surface area contributed by atoms with Gasteiger partial charge in [-0.2, -0.15) is 0 Å². The third-order valence-electron chi connectivity index (χ3n) is 4.08. The van der Waals surface area contributed by atoms with E-state index >= 15 is 0 Å². The van der Waals surface area contributed by atoms with Gasteiger partial charge in [0, 0.05) is 39.8 Å². The van der Waals surface area contributed by atoms with Crippen molar-refractivity contribution in [3.8, 4) is 0 Å². The number of amides is 3. The first kappa shape index (κ1) is 18.0. The number of morpholine rings is 1. The van der Waals surface area contributed by atoms with Crippen LogP contribution in [0, 0.1) is 0 Å². The fraction of sp³-hybridized carbons (Fsp3) is 0.867. The molecule has 3 amide bonds. The van der Waals surface area contributed by atoms with Crippen molar-refractivity contribution < 1.29 is 19.1 Å². The SMILES string of the molecule is COCCN1CN(C(=O)NCCN2CCOC(C)(C)C2)CC1=O. The Morgan fingerprint density at radius 3 is 2.87 bits per heavy atom. The van der Waals surface area contributed by atoms with Crippen LogP contribution in [0.1, 0.15) is 13.8 Å². The van der Waals surface area contributed by atoms with Gasteiger partial charge in [0.15, 0.2) is 0 Å². The third kappa shape index (κ3) is 5.33. The van der Waals surface area contributed by atoms with Crippen molar-refractivity contribution in [2.45, 2.75) is 19.4 Å². The number of ether oxygens (including phenoxy) is 2. The Labute approximate surface area is 137 Å². The predicted octanol–water partition coefficient (Wildman–Crippen LogP) is -0.445. The topological polar surface area (TPSA) is 74.3 Å². The molecule has 0 aromatic rings. The first-order chi connectivity index (χ1) is 10.9. The van der Waals surface area contributed by atoms with Crippen LogP contribution < -0.4 is 5.32 Å². The number of hydrogen-bond donors (Lipinski definition) is 1. The number of nitrogens with zero attached hydrogens (tertiary/aromatic N) is 3. The molecule has 2 aliphatic heterocycles. The Bertz CT molecular complexity index is 430. The molecule has 0 spiro atoms. The summed E-state index contributed by atoms with van der Waals surface area (Å²) in [6, 6.07) is -0.189. The maximum absolute atomic E-state index is 12.1. The smallest absolute Gasteiger partial charge is 0.319 e. The van der Waals surface area contributed by atoms with Crippen LogP contribution in [0.15, 0.2) is 0 Å². The molecule has 2 heterocycles. The van der Waals surface area contributed by atoms with E-state index in [1.54, 1.807) is 12.0 Å². The second kappa shape index (κ2) is 7.94. The minimum Gasteiger partial charge on any atom is -0.383 e. The van der Waals surface area contributed by atoms with Crippen molar-refractivity contribution in [3.63, 3.8) is 0 Å². The van der Waals surface area contributed by atoms with Crippen molar-refractivity contribution in [1.82, 2.24) is 20.0 Å². The number of urea groups is 1. The maximum Gasteiger partial charge on any atom is 0.319 e. The van der Waals surface area contributed by atoms with Crippen molar-refractivity contribution >= 4 is 11.9 Å². The van der Waals surface area contributed by atoms with Gasteiger partial charge in [-0.05, 0) is 13.8 Å². The molecular formula is C15H28N4O4. The minimum absolute atomic E-state index is 0.0351. The maximum atomic E-state index is 12.1. The highest BCUT2D eigenvalue weighted by Gasteiger charge is 2.30. The van der Waals surface area contributed by atoms with Crippen LogP contribution in [0.2, 0.25) is 0 Å². The zero-order chi connectivity index (χ0) is 16.9. The average molecular weight is 328 g/mol. The van der Waals surface area contributed by atoms with Gasteiger partial charge < -0.3 is 19.7 Å². The molecule has 8 heteroatoms. The Kier molecular flexibility index (Phi) is 6.20. The highest BCUT2D eigenvalue weighted by atomic mass is 16.5. The zero-order valence-corrected chi connectivity index (χ0v) is 14.3. The summed E-state index contributed by atoms with van der Waals surface area (Å²) >= 11 is 0. The van der Waals surface area contributed by atoms with Gasteiger partial charge in [0.25, 0.3) is 0 Å². The first-order valence-corrected chi connectivity index (χ1v) is 8.07. The monoisotopic (exact) mass is 328 g/mol. The van der Waals surface area contributed by atoms with Crippen molar-refractivity contribution in [1.29, 1.82) is 0 Å². The molecule has 2 rings (SSSR count). The fourth-order valence-electron chi connectivity index (χ4n) is 2.87. The summed E-state index contributed by atoms with van der Waals surface area (Å²) in [7, 11) is 1.60. The predicted molar refractivity (Wildman–Crippen MR) is 85.0 cm³/mol. The Balaban J connectivity index is 1.68. The van der Waals surface area contributed by atoms with E-state index < -0.39 is 0 Å². The molecule has 0 atom stereocenters. The summed E-state index contributed by atoms with van der Waals surface area (Å²) in [6.45, 7) is 9.42. The van der Waals surface area contributed by atoms with E-state index in [-0.39, 0.29) is 24.1 Å². The van der Waals surface area contributed by atoms with Crippen LogP contribution in [0.25, 0.3) is 0 Å². The standard InChI is InChI=1S/C15H28N4O4/c1-15(2)11-17(6-9-23-15)5-4-16-14(21)19-10-13(20)18(12-19)7-8-22-3/h4-12H2,1-3H3,(H,16,21). The van der Waals surface area contributed by atoms with Crippen LogP contribution in [0.4, 0.5) is 4.79 Å². The van der Waals surface area contributed by atoms with E-state index in [0.29, 0.717) is 26.4 Å². The number of rotatable bonds is 6. The number of methoxy groups -OCH3 is 1. The van der Waals surface area contributed by atoms with E-state index in [0.717, 1.165) is 26.2 Å². The Morgan fingerprint density at radius 2 is 2.17 bits per heavy atom. The summed E-state index contributed by atoms with van der Waals surface area (Å²) in [4.78, 5) is 29.4. The number of nitrogens with one attached hydrogen (secondary N) is 1. The number of hydrogen-bond acceptors (Lipinski definition) is 5. The molecule has 132 valence electrons. The third-order valence-corrected chi connectivity index (χ3v) is 4.08. The second-order valence-electron chi connectivity index (χ2n) is 6.61. The van der Waals surface area contributed by atoms with Gasteiger partial charge in [-0.15, -0.1) is 0 Å². The molecule has 23 heavy (non-hydrogen) atoms. The highest BCUT2D eigenvalue weighted by molar-refractivity contribution is 5.87. The number of carbonyl (C=O) groups excluding carboxylic acids is 2. The molecule has 0 bridgehead atoms. The van der Waals surface area contributed by atoms with Gasteiger partial charge in [0.05, 0.1) is 25.5 Å². The van der Waals surface area contributed by atoms with Gasteiger partial charge in [-0.1, -0.05) is 0 Å². The van der Waals surface area contributed by atoms with Crippen molar-refractivity contribution in [2.75, 3.05) is 66.3 Å². The van der Waals surface area contributed by atoms with Gasteiger partial charge in [0.1, 0.15) is 6.54 Å². The minimum atomic E-state index is -0.189. The van der Waals surface area contributed by atoms with E-state index in [1.807, 2.05) is 0 Å². The summed E-state index contributed by atoms with van der Waals surface area (Å²) in [6.07, 6.45) is 0. The van der Waals surface area contributed by atoms with E-state index in [9.17, 15) is 9.59 Å². The van der Waals surface area contributed by atoms with Crippen LogP contribution >= 0.6 is 0 Å². The van der Waals surface area contributed by atoms with E-state index in [4.69, 9.17) is 9.47 Å². The molecule has 0 aromatic carbocycles. The van der Waals surface area contributed by atoms with Crippen molar-refractivity contribution in [3.05, 3.63) is 0 Å². The van der Waals surface area contributed by atoms with Gasteiger partial charge in [0.2, 0.25) is 5.91 Å². The zero-order valence-electron chi connectivity index (χ0n) is 14.3. The molecule has 0 aliphatic carbocycles. The molecule has 0 radical (unpaired) electrons. The lowest BCUT2D eigenvalue weighted by molar-refractivity contribution is -0.127. The lowest BCUT2D eigenvalue weighted by Gasteiger charge is -2.38. The molecule has 8 nitrogen and oxygen atoms in total. The lowest BCUT2D eigenvalue weighted by atomic mass is 10.1. The van der Waals surface area contributed by atoms with Crippen LogP contribution in [0.5, 0.6) is 0 Å². The van der Waals surface area contributed by atoms with Crippen LogP contribution in [-0.4, -0.2) is 98.5 Å². The van der Waals surface area contributed by atoms with Crippen LogP contribution in [-0.2, 0) is 14.3 Å². The molecule has 2 aliphatic rings.